The van der Waals surface area contributed by atoms with E-state index >= 15 is 0 Å². The van der Waals surface area contributed by atoms with Crippen LogP contribution >= 0.6 is 0 Å². The highest BCUT2D eigenvalue weighted by molar-refractivity contribution is 5.92. The van der Waals surface area contributed by atoms with Crippen LogP contribution in [0.3, 0.4) is 0 Å². The number of H-pyrrole nitrogens is 1. The minimum absolute atomic E-state index is 0.0344. The summed E-state index contributed by atoms with van der Waals surface area (Å²) >= 11 is 0. The first-order valence-corrected chi connectivity index (χ1v) is 15.3. The Bertz CT molecular complexity index is 1290. The lowest BCUT2D eigenvalue weighted by Gasteiger charge is -2.37. The van der Waals surface area contributed by atoms with Gasteiger partial charge in [-0.15, -0.1) is 0 Å². The second-order valence-corrected chi connectivity index (χ2v) is 12.0. The van der Waals surface area contributed by atoms with Gasteiger partial charge in [-0.25, -0.2) is 4.98 Å². The van der Waals surface area contributed by atoms with Gasteiger partial charge in [-0.1, -0.05) is 18.9 Å². The number of hydrogen-bond acceptors (Lipinski definition) is 7. The number of ether oxygens (including phenoxy) is 2. The summed E-state index contributed by atoms with van der Waals surface area (Å²) in [5.74, 6) is 0.492. The van der Waals surface area contributed by atoms with Crippen LogP contribution in [0.1, 0.15) is 67.4 Å². The molecule has 2 bridgehead atoms. The molecule has 4 amide bonds. The average Bonchev–Trinajstić information content (AvgIpc) is 3.62. The summed E-state index contributed by atoms with van der Waals surface area (Å²) in [4.78, 5) is 61.2. The zero-order valence-corrected chi connectivity index (χ0v) is 24.8. The Balaban J connectivity index is 1.40. The quantitative estimate of drug-likeness (QED) is 0.399. The summed E-state index contributed by atoms with van der Waals surface area (Å²) in [6, 6.07) is 5.68. The van der Waals surface area contributed by atoms with Crippen LogP contribution in [0, 0.1) is 11.3 Å². The number of carbonyl (C=O) groups is 4. The van der Waals surface area contributed by atoms with Gasteiger partial charge in [0, 0.05) is 38.6 Å². The molecule has 2 fully saturated rings. The van der Waals surface area contributed by atoms with Crippen molar-refractivity contribution >= 4 is 23.6 Å². The van der Waals surface area contributed by atoms with Crippen LogP contribution < -0.4 is 25.4 Å². The Morgan fingerprint density at radius 2 is 1.95 bits per heavy atom. The summed E-state index contributed by atoms with van der Waals surface area (Å²) in [6.07, 6.45) is 9.74. The van der Waals surface area contributed by atoms with E-state index in [4.69, 9.17) is 9.47 Å². The van der Waals surface area contributed by atoms with Gasteiger partial charge in [-0.2, -0.15) is 0 Å². The predicted octanol–water partition coefficient (Wildman–Crippen LogP) is 1.96. The van der Waals surface area contributed by atoms with Crippen LogP contribution in [0.15, 0.2) is 30.7 Å². The molecule has 12 nitrogen and oxygen atoms in total. The Morgan fingerprint density at radius 3 is 2.65 bits per heavy atom. The maximum absolute atomic E-state index is 14.0. The number of amides is 4. The third-order valence-electron chi connectivity index (χ3n) is 8.60. The Labute approximate surface area is 251 Å². The van der Waals surface area contributed by atoms with Crippen LogP contribution in [-0.4, -0.2) is 84.4 Å². The minimum atomic E-state index is -0.844. The monoisotopic (exact) mass is 594 g/mol. The number of aromatic amines is 1. The molecule has 1 unspecified atom stereocenters. The summed E-state index contributed by atoms with van der Waals surface area (Å²) in [5, 5.41) is 9.14. The van der Waals surface area contributed by atoms with Gasteiger partial charge >= 0.3 is 0 Å². The number of hydrogen-bond donors (Lipinski definition) is 4. The van der Waals surface area contributed by atoms with Gasteiger partial charge in [0.1, 0.15) is 5.69 Å². The molecule has 0 saturated heterocycles. The molecule has 12 heteroatoms. The molecule has 2 heterocycles. The number of nitrogens with zero attached hydrogens (tertiary/aromatic N) is 2. The second-order valence-electron chi connectivity index (χ2n) is 12.0. The van der Waals surface area contributed by atoms with Gasteiger partial charge < -0.3 is 35.3 Å². The van der Waals surface area contributed by atoms with E-state index in [2.05, 4.69) is 25.9 Å². The Morgan fingerprint density at radius 1 is 1.12 bits per heavy atom. The summed E-state index contributed by atoms with van der Waals surface area (Å²) in [7, 11) is 1.53. The lowest BCUT2D eigenvalue weighted by atomic mass is 9.75. The van der Waals surface area contributed by atoms with Crippen molar-refractivity contribution in [1.29, 1.82) is 0 Å². The Hall–Kier alpha value is -4.09. The molecule has 5 rings (SSSR count). The fraction of sp³-hybridized carbons (Fsp3) is 0.581. The van der Waals surface area contributed by atoms with Crippen molar-refractivity contribution in [2.24, 2.45) is 11.3 Å². The van der Waals surface area contributed by atoms with Gasteiger partial charge in [0.05, 0.1) is 25.0 Å². The standard InChI is InChI=1S/C31H42N6O6/c1-42-25-10-9-22-14-26(25)43-18-28(39)33-11-13-37(29(40)24-17-32-20-35-24)12-3-6-27(38)34-19-31(16-22,15-21-7-8-21)30(41)36-23-4-2-5-23/h9-10,14,17,20-21,23H,2-8,11-13,15-16,18-19H2,1H3,(H,32,35)(H,33,39)(H,34,38)(H,36,41). The number of rotatable bonds is 6. The number of imidazole rings is 1. The molecule has 2 saturated carbocycles. The predicted molar refractivity (Wildman–Crippen MR) is 157 cm³/mol. The molecule has 43 heavy (non-hydrogen) atoms. The number of nitrogens with one attached hydrogen (secondary N) is 4. The summed E-state index contributed by atoms with van der Waals surface area (Å²) in [6.45, 7) is 0.748. The van der Waals surface area contributed by atoms with Crippen LogP contribution in [-0.2, 0) is 20.8 Å². The first kappa shape index (κ1) is 30.4. The average molecular weight is 595 g/mol. The fourth-order valence-electron chi connectivity index (χ4n) is 5.73. The number of aromatic nitrogens is 2. The van der Waals surface area contributed by atoms with Gasteiger partial charge in [-0.05, 0) is 62.1 Å². The van der Waals surface area contributed by atoms with E-state index in [0.717, 1.165) is 37.7 Å². The minimum Gasteiger partial charge on any atom is -0.493 e. The molecular weight excluding hydrogens is 552 g/mol. The van der Waals surface area contributed by atoms with Crippen molar-refractivity contribution in [1.82, 2.24) is 30.8 Å². The molecule has 2 aromatic rings. The van der Waals surface area contributed by atoms with Crippen LogP contribution in [0.25, 0.3) is 0 Å². The highest BCUT2D eigenvalue weighted by Gasteiger charge is 2.44. The van der Waals surface area contributed by atoms with Gasteiger partial charge in [-0.3, -0.25) is 19.2 Å². The molecule has 3 aliphatic rings. The lowest BCUT2D eigenvalue weighted by molar-refractivity contribution is -0.133. The molecule has 1 aromatic heterocycles. The summed E-state index contributed by atoms with van der Waals surface area (Å²) < 4.78 is 11.4. The maximum Gasteiger partial charge on any atom is 0.271 e. The SMILES string of the molecule is COc1ccc2cc1OCC(=O)NCCN(C(=O)c1cnc[nH]1)CCCC(=O)NCC(CC1CC1)(C(=O)NC1CCC1)C2. The zero-order chi connectivity index (χ0) is 30.2. The van der Waals surface area contributed by atoms with E-state index in [0.29, 0.717) is 48.9 Å². The largest absolute Gasteiger partial charge is 0.493 e. The van der Waals surface area contributed by atoms with Crippen LogP contribution in [0.4, 0.5) is 0 Å². The topological polar surface area (TPSA) is 155 Å². The van der Waals surface area contributed by atoms with Crippen molar-refractivity contribution in [3.63, 3.8) is 0 Å². The van der Waals surface area contributed by atoms with Crippen molar-refractivity contribution in [3.8, 4) is 11.5 Å². The van der Waals surface area contributed by atoms with E-state index in [9.17, 15) is 19.2 Å². The Kier molecular flexibility index (Phi) is 9.83. The molecule has 2 aliphatic carbocycles. The second kappa shape index (κ2) is 13.9. The number of carbonyl (C=O) groups excluding carboxylic acids is 4. The van der Waals surface area contributed by atoms with Crippen molar-refractivity contribution in [2.45, 2.75) is 63.8 Å². The van der Waals surface area contributed by atoms with Crippen molar-refractivity contribution < 1.29 is 28.7 Å². The lowest BCUT2D eigenvalue weighted by Crippen LogP contribution is -2.53. The number of fused-ring (bicyclic) bond motifs is 2. The van der Waals surface area contributed by atoms with Gasteiger partial charge in [0.25, 0.3) is 11.8 Å². The van der Waals surface area contributed by atoms with E-state index in [1.165, 1.54) is 19.6 Å². The highest BCUT2D eigenvalue weighted by Crippen LogP contribution is 2.43. The fourth-order valence-corrected chi connectivity index (χ4v) is 5.73. The first-order chi connectivity index (χ1) is 20.8. The molecule has 0 radical (unpaired) electrons. The van der Waals surface area contributed by atoms with E-state index < -0.39 is 5.41 Å². The van der Waals surface area contributed by atoms with E-state index in [1.54, 1.807) is 11.0 Å². The maximum atomic E-state index is 14.0. The van der Waals surface area contributed by atoms with Crippen molar-refractivity contribution in [3.05, 3.63) is 42.0 Å². The third-order valence-corrected chi connectivity index (χ3v) is 8.60. The molecular formula is C31H42N6O6. The molecule has 0 spiro atoms. The normalized spacial score (nSPS) is 22.6. The molecule has 232 valence electrons. The van der Waals surface area contributed by atoms with Gasteiger partial charge in [0.15, 0.2) is 18.1 Å². The molecule has 4 N–H and O–H groups in total. The van der Waals surface area contributed by atoms with Gasteiger partial charge in [0.2, 0.25) is 11.8 Å². The first-order valence-electron chi connectivity index (χ1n) is 15.3. The molecule has 1 aliphatic heterocycles. The molecule has 1 aromatic carbocycles. The van der Waals surface area contributed by atoms with E-state index in [-0.39, 0.29) is 62.3 Å². The van der Waals surface area contributed by atoms with Crippen LogP contribution in [0.2, 0.25) is 0 Å². The van der Waals surface area contributed by atoms with E-state index in [1.807, 2.05) is 12.1 Å². The molecule has 1 atom stereocenters. The number of benzene rings is 1. The van der Waals surface area contributed by atoms with Crippen molar-refractivity contribution in [2.75, 3.05) is 39.9 Å². The third kappa shape index (κ3) is 8.05. The summed E-state index contributed by atoms with van der Waals surface area (Å²) in [5.41, 5.74) is 0.350. The smallest absolute Gasteiger partial charge is 0.271 e. The highest BCUT2D eigenvalue weighted by atomic mass is 16.5. The van der Waals surface area contributed by atoms with Crippen LogP contribution in [0.5, 0.6) is 11.5 Å². The number of methoxy groups -OCH3 is 1. The zero-order valence-electron chi connectivity index (χ0n) is 24.8.